The molecule has 0 amide bonds. The molecule has 6 nitrogen and oxygen atoms in total. The first-order valence-electron chi connectivity index (χ1n) is 10.9. The molecule has 0 aliphatic heterocycles. The topological polar surface area (TPSA) is 88.3 Å². The van der Waals surface area contributed by atoms with Gasteiger partial charge in [0.25, 0.3) is 5.56 Å². The van der Waals surface area contributed by atoms with Gasteiger partial charge in [-0.25, -0.2) is 8.42 Å². The molecule has 0 unspecified atom stereocenters. The highest BCUT2D eigenvalue weighted by Crippen LogP contribution is 2.38. The summed E-state index contributed by atoms with van der Waals surface area (Å²) in [6, 6.07) is 15.2. The third-order valence-corrected chi connectivity index (χ3v) is 6.09. The van der Waals surface area contributed by atoms with E-state index in [4.69, 9.17) is 4.74 Å². The quantitative estimate of drug-likeness (QED) is 0.521. The largest absolute Gasteiger partial charge is 0.496 e. The Morgan fingerprint density at radius 1 is 1.00 bits per heavy atom. The second-order valence-corrected chi connectivity index (χ2v) is 11.2. The maximum Gasteiger partial charge on any atom is 0.256 e. The predicted molar refractivity (Wildman–Crippen MR) is 135 cm³/mol. The molecule has 0 saturated heterocycles. The zero-order valence-corrected chi connectivity index (χ0v) is 20.9. The first kappa shape index (κ1) is 24.6. The molecule has 0 spiro atoms. The summed E-state index contributed by atoms with van der Waals surface area (Å²) >= 11 is 0. The molecule has 2 aromatic carbocycles. The summed E-state index contributed by atoms with van der Waals surface area (Å²) in [5.41, 5.74) is 5.72. The van der Waals surface area contributed by atoms with Gasteiger partial charge >= 0.3 is 0 Å². The van der Waals surface area contributed by atoms with E-state index in [9.17, 15) is 13.2 Å². The smallest absolute Gasteiger partial charge is 0.256 e. The number of ether oxygens (including phenoxy) is 1. The highest BCUT2D eigenvalue weighted by Gasteiger charge is 2.23. The molecular formula is C26H32N2O4S. The number of aromatic amines is 1. The lowest BCUT2D eigenvalue weighted by molar-refractivity contribution is 0.392. The maximum atomic E-state index is 12.6. The minimum Gasteiger partial charge on any atom is -0.496 e. The van der Waals surface area contributed by atoms with Crippen molar-refractivity contribution in [2.24, 2.45) is 0 Å². The standard InChI is InChI=1S/C26H32N2O4S/c1-17-7-14-22(25(29)27-17)20-15-19(24(32-5)23(16-20)26(2,3)4)11-8-18-9-12-21(13-10-18)28-33(6,30)31/h7,9-10,12-16,28H,8,11H2,1-6H3,(H,27,29). The minimum atomic E-state index is -3.31. The molecule has 1 aromatic heterocycles. The molecule has 0 atom stereocenters. The van der Waals surface area contributed by atoms with E-state index in [0.29, 0.717) is 17.7 Å². The van der Waals surface area contributed by atoms with Crippen molar-refractivity contribution in [3.05, 3.63) is 81.3 Å². The fourth-order valence-corrected chi connectivity index (χ4v) is 4.42. The Hall–Kier alpha value is -3.06. The van der Waals surface area contributed by atoms with Crippen LogP contribution in [0, 0.1) is 6.92 Å². The van der Waals surface area contributed by atoms with E-state index in [0.717, 1.165) is 46.4 Å². The third kappa shape index (κ3) is 6.26. The van der Waals surface area contributed by atoms with Crippen LogP contribution in [0.3, 0.4) is 0 Å². The zero-order chi connectivity index (χ0) is 24.4. The molecule has 0 fully saturated rings. The van der Waals surface area contributed by atoms with Gasteiger partial charge in [-0.1, -0.05) is 32.9 Å². The first-order chi connectivity index (χ1) is 15.4. The minimum absolute atomic E-state index is 0.111. The van der Waals surface area contributed by atoms with Gasteiger partial charge in [0.1, 0.15) is 5.75 Å². The van der Waals surface area contributed by atoms with Crippen molar-refractivity contribution in [3.63, 3.8) is 0 Å². The van der Waals surface area contributed by atoms with Crippen LogP contribution >= 0.6 is 0 Å². The van der Waals surface area contributed by atoms with Crippen molar-refractivity contribution in [2.45, 2.75) is 46.0 Å². The Morgan fingerprint density at radius 3 is 2.21 bits per heavy atom. The van der Waals surface area contributed by atoms with Crippen LogP contribution in [-0.4, -0.2) is 26.8 Å². The molecular weight excluding hydrogens is 436 g/mol. The van der Waals surface area contributed by atoms with Gasteiger partial charge in [-0.2, -0.15) is 0 Å². The SMILES string of the molecule is COc1c(CCc2ccc(NS(C)(=O)=O)cc2)cc(-c2ccc(C)[nH]c2=O)cc1C(C)(C)C. The molecule has 33 heavy (non-hydrogen) atoms. The zero-order valence-electron chi connectivity index (χ0n) is 20.1. The van der Waals surface area contributed by atoms with Gasteiger partial charge in [0.05, 0.1) is 13.4 Å². The van der Waals surface area contributed by atoms with Gasteiger partial charge in [-0.05, 0) is 78.3 Å². The Bertz CT molecular complexity index is 1300. The summed E-state index contributed by atoms with van der Waals surface area (Å²) in [5.74, 6) is 0.838. The lowest BCUT2D eigenvalue weighted by Crippen LogP contribution is -2.16. The van der Waals surface area contributed by atoms with Gasteiger partial charge in [0, 0.05) is 22.5 Å². The first-order valence-corrected chi connectivity index (χ1v) is 12.7. The Balaban J connectivity index is 1.98. The Kier molecular flexibility index (Phi) is 7.03. The molecule has 3 aromatic rings. The number of sulfonamides is 1. The van der Waals surface area contributed by atoms with Crippen molar-refractivity contribution in [3.8, 4) is 16.9 Å². The predicted octanol–water partition coefficient (Wildman–Crippen LogP) is 4.81. The number of aromatic nitrogens is 1. The van der Waals surface area contributed by atoms with Crippen LogP contribution in [0.4, 0.5) is 5.69 Å². The number of nitrogens with one attached hydrogen (secondary N) is 2. The Morgan fingerprint density at radius 2 is 1.67 bits per heavy atom. The number of rotatable bonds is 7. The summed E-state index contributed by atoms with van der Waals surface area (Å²) in [7, 11) is -1.63. The molecule has 2 N–H and O–H groups in total. The molecule has 7 heteroatoms. The highest BCUT2D eigenvalue weighted by molar-refractivity contribution is 7.92. The summed E-state index contributed by atoms with van der Waals surface area (Å²) in [6.07, 6.45) is 2.58. The summed E-state index contributed by atoms with van der Waals surface area (Å²) in [5, 5.41) is 0. The third-order valence-electron chi connectivity index (χ3n) is 5.48. The van der Waals surface area contributed by atoms with E-state index >= 15 is 0 Å². The fourth-order valence-electron chi connectivity index (χ4n) is 3.86. The van der Waals surface area contributed by atoms with Crippen LogP contribution in [-0.2, 0) is 28.3 Å². The number of pyridine rings is 1. The van der Waals surface area contributed by atoms with E-state index in [1.165, 1.54) is 0 Å². The summed E-state index contributed by atoms with van der Waals surface area (Å²) < 4.78 is 31.2. The van der Waals surface area contributed by atoms with E-state index < -0.39 is 10.0 Å². The van der Waals surface area contributed by atoms with Crippen LogP contribution in [0.25, 0.3) is 11.1 Å². The molecule has 0 saturated carbocycles. The lowest BCUT2D eigenvalue weighted by Gasteiger charge is -2.25. The number of anilines is 1. The highest BCUT2D eigenvalue weighted by atomic mass is 32.2. The molecule has 0 bridgehead atoms. The number of benzene rings is 2. The van der Waals surface area contributed by atoms with Crippen LogP contribution in [0.15, 0.2) is 53.3 Å². The number of hydrogen-bond donors (Lipinski definition) is 2. The van der Waals surface area contributed by atoms with Crippen molar-refractivity contribution in [1.82, 2.24) is 4.98 Å². The van der Waals surface area contributed by atoms with Gasteiger partial charge < -0.3 is 9.72 Å². The van der Waals surface area contributed by atoms with Gasteiger partial charge in [0.15, 0.2) is 0 Å². The monoisotopic (exact) mass is 468 g/mol. The average Bonchev–Trinajstić information content (AvgIpc) is 2.71. The second kappa shape index (κ2) is 9.43. The van der Waals surface area contributed by atoms with E-state index in [1.807, 2.05) is 43.3 Å². The summed E-state index contributed by atoms with van der Waals surface area (Å²) in [6.45, 7) is 8.25. The van der Waals surface area contributed by atoms with Crippen LogP contribution < -0.4 is 15.0 Å². The van der Waals surface area contributed by atoms with E-state index in [1.54, 1.807) is 19.2 Å². The maximum absolute atomic E-state index is 12.6. The molecule has 0 aliphatic carbocycles. The van der Waals surface area contributed by atoms with Gasteiger partial charge in [0.2, 0.25) is 10.0 Å². The number of H-pyrrole nitrogens is 1. The average molecular weight is 469 g/mol. The fraction of sp³-hybridized carbons (Fsp3) is 0.346. The molecule has 0 aliphatic rings. The van der Waals surface area contributed by atoms with Crippen molar-refractivity contribution < 1.29 is 13.2 Å². The van der Waals surface area contributed by atoms with Crippen LogP contribution in [0.2, 0.25) is 0 Å². The van der Waals surface area contributed by atoms with Crippen LogP contribution in [0.5, 0.6) is 5.75 Å². The van der Waals surface area contributed by atoms with Crippen molar-refractivity contribution in [2.75, 3.05) is 18.1 Å². The normalized spacial score (nSPS) is 11.9. The lowest BCUT2D eigenvalue weighted by atomic mass is 9.82. The number of hydrogen-bond acceptors (Lipinski definition) is 4. The van der Waals surface area contributed by atoms with Crippen molar-refractivity contribution >= 4 is 15.7 Å². The van der Waals surface area contributed by atoms with Crippen LogP contribution in [0.1, 0.15) is 43.2 Å². The molecule has 3 rings (SSSR count). The Labute approximate surface area is 196 Å². The number of aryl methyl sites for hydroxylation is 3. The molecule has 176 valence electrons. The van der Waals surface area contributed by atoms with E-state index in [-0.39, 0.29) is 11.0 Å². The molecule has 1 heterocycles. The van der Waals surface area contributed by atoms with Crippen molar-refractivity contribution in [1.29, 1.82) is 0 Å². The van der Waals surface area contributed by atoms with Gasteiger partial charge in [-0.3, -0.25) is 9.52 Å². The number of methoxy groups -OCH3 is 1. The molecule has 0 radical (unpaired) electrons. The summed E-state index contributed by atoms with van der Waals surface area (Å²) in [4.78, 5) is 15.5. The second-order valence-electron chi connectivity index (χ2n) is 9.42. The van der Waals surface area contributed by atoms with Gasteiger partial charge in [-0.15, -0.1) is 0 Å². The van der Waals surface area contributed by atoms with E-state index in [2.05, 4.69) is 30.5 Å².